The number of rotatable bonds is 1. The highest BCUT2D eigenvalue weighted by Gasteiger charge is 1.98. The minimum absolute atomic E-state index is 0.749. The second-order valence-corrected chi connectivity index (χ2v) is 3.48. The van der Waals surface area contributed by atoms with Crippen LogP contribution in [-0.2, 0) is 0 Å². The van der Waals surface area contributed by atoms with Crippen LogP contribution in [0.5, 0.6) is 0 Å². The fourth-order valence-corrected chi connectivity index (χ4v) is 1.65. The molecule has 0 amide bonds. The molecule has 66 valence electrons. The quantitative estimate of drug-likeness (QED) is 0.538. The first kappa shape index (κ1) is 8.41. The van der Waals surface area contributed by atoms with Crippen molar-refractivity contribution in [2.45, 2.75) is 4.90 Å². The molecule has 2 aromatic rings. The zero-order valence-corrected chi connectivity index (χ0v) is 7.71. The van der Waals surface area contributed by atoms with E-state index >= 15 is 0 Å². The smallest absolute Gasteiger partial charge is 0.0393 e. The Labute approximate surface area is 80.6 Å². The molecule has 0 saturated heterocycles. The molecule has 3 N–H and O–H groups in total. The largest absolute Gasteiger partial charge is 0.398 e. The first-order valence-corrected chi connectivity index (χ1v) is 4.68. The van der Waals surface area contributed by atoms with Gasteiger partial charge in [-0.2, -0.15) is 0 Å². The van der Waals surface area contributed by atoms with Crippen LogP contribution < -0.4 is 5.73 Å². The van der Waals surface area contributed by atoms with E-state index in [2.05, 4.69) is 0 Å². The second-order valence-electron chi connectivity index (χ2n) is 2.82. The average Bonchev–Trinajstić information content (AvgIpc) is 2.18. The van der Waals surface area contributed by atoms with Crippen molar-refractivity contribution in [1.29, 1.82) is 0 Å². The molecule has 2 nitrogen and oxygen atoms in total. The van der Waals surface area contributed by atoms with Gasteiger partial charge in [-0.25, -0.2) is 0 Å². The van der Waals surface area contributed by atoms with Gasteiger partial charge in [0.2, 0.25) is 0 Å². The summed E-state index contributed by atoms with van der Waals surface area (Å²) in [6, 6.07) is 11.4. The zero-order valence-electron chi connectivity index (χ0n) is 6.90. The molecule has 0 aliphatic carbocycles. The molecule has 0 saturated carbocycles. The summed E-state index contributed by atoms with van der Waals surface area (Å²) in [4.78, 5) is 0.832. The Kier molecular flexibility index (Phi) is 2.12. The van der Waals surface area contributed by atoms with E-state index < -0.39 is 0 Å². The van der Waals surface area contributed by atoms with Gasteiger partial charge in [-0.05, 0) is 23.6 Å². The number of benzene rings is 2. The Morgan fingerprint density at radius 3 is 2.77 bits per heavy atom. The van der Waals surface area contributed by atoms with E-state index in [0.29, 0.717) is 0 Å². The average molecular weight is 191 g/mol. The molecule has 0 radical (unpaired) electrons. The molecule has 0 aromatic heterocycles. The van der Waals surface area contributed by atoms with Gasteiger partial charge < -0.3 is 10.3 Å². The van der Waals surface area contributed by atoms with Gasteiger partial charge in [-0.3, -0.25) is 0 Å². The number of nitrogens with two attached hydrogens (primary N) is 1. The Morgan fingerprint density at radius 1 is 1.15 bits per heavy atom. The van der Waals surface area contributed by atoms with E-state index in [1.165, 1.54) is 0 Å². The van der Waals surface area contributed by atoms with Gasteiger partial charge in [0.25, 0.3) is 0 Å². The number of nitrogen functional groups attached to an aromatic ring is 1. The number of hydrogen-bond acceptors (Lipinski definition) is 3. The predicted octanol–water partition coefficient (Wildman–Crippen LogP) is 2.99. The highest BCUT2D eigenvalue weighted by Crippen LogP contribution is 2.25. The molecule has 0 fully saturated rings. The molecule has 2 rings (SSSR count). The molecule has 0 aliphatic rings. The van der Waals surface area contributed by atoms with Crippen molar-refractivity contribution in [3.63, 3.8) is 0 Å². The number of anilines is 1. The van der Waals surface area contributed by atoms with Crippen molar-refractivity contribution >= 4 is 28.5 Å². The summed E-state index contributed by atoms with van der Waals surface area (Å²) in [5, 5.41) is 2.08. The van der Waals surface area contributed by atoms with Gasteiger partial charge in [-0.15, -0.1) is 0 Å². The van der Waals surface area contributed by atoms with Gasteiger partial charge >= 0.3 is 0 Å². The Bertz CT molecular complexity index is 442. The van der Waals surface area contributed by atoms with E-state index in [1.54, 1.807) is 0 Å². The predicted molar refractivity (Wildman–Crippen MR) is 56.8 cm³/mol. The Hall–Kier alpha value is -1.19. The van der Waals surface area contributed by atoms with Crippen LogP contribution in [0.15, 0.2) is 41.3 Å². The van der Waals surface area contributed by atoms with Crippen molar-refractivity contribution in [2.24, 2.45) is 0 Å². The summed E-state index contributed by atoms with van der Waals surface area (Å²) in [7, 11) is 0. The molecule has 0 aliphatic heterocycles. The molecule has 0 heterocycles. The summed E-state index contributed by atoms with van der Waals surface area (Å²) in [6.07, 6.45) is 0. The van der Waals surface area contributed by atoms with E-state index in [-0.39, 0.29) is 0 Å². The van der Waals surface area contributed by atoms with Gasteiger partial charge in [0, 0.05) is 28.0 Å². The van der Waals surface area contributed by atoms with Crippen molar-refractivity contribution in [3.05, 3.63) is 36.4 Å². The topological polar surface area (TPSA) is 46.2 Å². The van der Waals surface area contributed by atoms with Crippen LogP contribution >= 0.6 is 12.0 Å². The van der Waals surface area contributed by atoms with Crippen LogP contribution in [0.25, 0.3) is 10.8 Å². The van der Waals surface area contributed by atoms with Crippen LogP contribution in [-0.4, -0.2) is 4.55 Å². The Balaban J connectivity index is 2.72. The van der Waals surface area contributed by atoms with Crippen molar-refractivity contribution in [3.8, 4) is 0 Å². The monoisotopic (exact) mass is 191 g/mol. The molecule has 13 heavy (non-hydrogen) atoms. The minimum atomic E-state index is 0.749. The summed E-state index contributed by atoms with van der Waals surface area (Å²) in [5.74, 6) is 0. The summed E-state index contributed by atoms with van der Waals surface area (Å²) in [5.41, 5.74) is 6.55. The fraction of sp³-hybridized carbons (Fsp3) is 0. The van der Waals surface area contributed by atoms with Gasteiger partial charge in [0.15, 0.2) is 0 Å². The highest BCUT2D eigenvalue weighted by molar-refractivity contribution is 7.93. The van der Waals surface area contributed by atoms with Gasteiger partial charge in [0.1, 0.15) is 0 Å². The SMILES string of the molecule is Nc1cccc2cc(SO)ccc12. The lowest BCUT2D eigenvalue weighted by Gasteiger charge is -2.02. The zero-order chi connectivity index (χ0) is 9.26. The van der Waals surface area contributed by atoms with Crippen LogP contribution in [0.4, 0.5) is 5.69 Å². The number of hydrogen-bond donors (Lipinski definition) is 2. The molecule has 3 heteroatoms. The van der Waals surface area contributed by atoms with E-state index in [4.69, 9.17) is 10.3 Å². The summed E-state index contributed by atoms with van der Waals surface area (Å²) in [6.45, 7) is 0. The highest BCUT2D eigenvalue weighted by atomic mass is 32.2. The Morgan fingerprint density at radius 2 is 2.00 bits per heavy atom. The van der Waals surface area contributed by atoms with E-state index in [1.807, 2.05) is 36.4 Å². The van der Waals surface area contributed by atoms with E-state index in [9.17, 15) is 0 Å². The van der Waals surface area contributed by atoms with Crippen LogP contribution in [0.2, 0.25) is 0 Å². The van der Waals surface area contributed by atoms with Crippen LogP contribution in [0, 0.1) is 0 Å². The third-order valence-electron chi connectivity index (χ3n) is 1.99. The lowest BCUT2D eigenvalue weighted by atomic mass is 10.1. The second kappa shape index (κ2) is 3.28. The summed E-state index contributed by atoms with van der Waals surface area (Å²) < 4.78 is 8.85. The molecular formula is C10H9NOS. The maximum absolute atomic E-state index is 8.85. The van der Waals surface area contributed by atoms with E-state index in [0.717, 1.165) is 33.4 Å². The molecule has 0 spiro atoms. The maximum atomic E-state index is 8.85. The van der Waals surface area contributed by atoms with Crippen molar-refractivity contribution < 1.29 is 4.55 Å². The van der Waals surface area contributed by atoms with Crippen LogP contribution in [0.3, 0.4) is 0 Å². The summed E-state index contributed by atoms with van der Waals surface area (Å²) >= 11 is 0.749. The first-order valence-electron chi connectivity index (χ1n) is 3.91. The molecular weight excluding hydrogens is 182 g/mol. The first-order chi connectivity index (χ1) is 6.31. The fourth-order valence-electron chi connectivity index (χ4n) is 1.34. The third-order valence-corrected chi connectivity index (χ3v) is 2.46. The molecule has 0 unspecified atom stereocenters. The van der Waals surface area contributed by atoms with Gasteiger partial charge in [-0.1, -0.05) is 18.2 Å². The standard InChI is InChI=1S/C10H9NOS/c11-10-3-1-2-7-6-8(13-12)4-5-9(7)10/h1-6,12H,11H2. The third kappa shape index (κ3) is 1.48. The maximum Gasteiger partial charge on any atom is 0.0393 e. The molecule has 0 bridgehead atoms. The van der Waals surface area contributed by atoms with Crippen molar-refractivity contribution in [1.82, 2.24) is 0 Å². The van der Waals surface area contributed by atoms with Gasteiger partial charge in [0.05, 0.1) is 0 Å². The normalized spacial score (nSPS) is 10.5. The number of fused-ring (bicyclic) bond motifs is 1. The molecule has 2 aromatic carbocycles. The molecule has 0 atom stereocenters. The lowest BCUT2D eigenvalue weighted by molar-refractivity contribution is 0.664. The minimum Gasteiger partial charge on any atom is -0.398 e. The van der Waals surface area contributed by atoms with Crippen LogP contribution in [0.1, 0.15) is 0 Å². The lowest BCUT2D eigenvalue weighted by Crippen LogP contribution is -1.85. The van der Waals surface area contributed by atoms with Crippen molar-refractivity contribution in [2.75, 3.05) is 5.73 Å².